The molecule has 8 nitrogen and oxygen atoms in total. The van der Waals surface area contributed by atoms with Crippen LogP contribution in [0.4, 0.5) is 15.9 Å². The monoisotopic (exact) mass is 455 g/mol. The molecule has 1 N–H and O–H groups in total. The summed E-state index contributed by atoms with van der Waals surface area (Å²) < 4.78 is 40.4. The first-order valence-corrected chi connectivity index (χ1v) is 11.5. The van der Waals surface area contributed by atoms with Gasteiger partial charge in [0.25, 0.3) is 0 Å². The van der Waals surface area contributed by atoms with Crippen LogP contribution in [-0.2, 0) is 21.2 Å². The number of amides is 1. The summed E-state index contributed by atoms with van der Waals surface area (Å²) in [7, 11) is -3.64. The minimum Gasteiger partial charge on any atom is -0.353 e. The van der Waals surface area contributed by atoms with Gasteiger partial charge in [0.05, 0.1) is 17.5 Å². The fourth-order valence-corrected chi connectivity index (χ4v) is 4.89. The second-order valence-corrected chi connectivity index (χ2v) is 9.27. The van der Waals surface area contributed by atoms with Crippen molar-refractivity contribution in [1.29, 1.82) is 0 Å². The van der Waals surface area contributed by atoms with Crippen molar-refractivity contribution in [3.63, 3.8) is 0 Å². The Morgan fingerprint density at radius 3 is 2.28 bits per heavy atom. The zero-order valence-corrected chi connectivity index (χ0v) is 18.0. The Balaban J connectivity index is 1.35. The molecular weight excluding hydrogens is 433 g/mol. The molecular formula is C22H22FN5O3S. The molecule has 1 saturated heterocycles. The first-order chi connectivity index (χ1) is 15.4. The number of benzene rings is 2. The lowest BCUT2D eigenvalue weighted by molar-refractivity contribution is -0.115. The lowest BCUT2D eigenvalue weighted by atomic mass is 10.1. The van der Waals surface area contributed by atoms with Crippen LogP contribution in [0.15, 0.2) is 72.0 Å². The maximum Gasteiger partial charge on any atom is 0.243 e. The van der Waals surface area contributed by atoms with Crippen LogP contribution in [0.1, 0.15) is 5.56 Å². The van der Waals surface area contributed by atoms with Crippen LogP contribution >= 0.6 is 0 Å². The number of halogens is 1. The molecule has 0 saturated carbocycles. The smallest absolute Gasteiger partial charge is 0.243 e. The standard InChI is InChI=1S/C22H22FN5O3S/c23-18-3-1-17(2-4-18)15-22(29)26-19-5-7-20(8-6-19)32(30,31)28-13-11-27(12-14-28)21-16-24-9-10-25-21/h1-10,16H,11-15H2,(H,26,29). The van der Waals surface area contributed by atoms with Gasteiger partial charge < -0.3 is 10.2 Å². The number of piperazine rings is 1. The lowest BCUT2D eigenvalue weighted by Gasteiger charge is -2.34. The highest BCUT2D eigenvalue weighted by atomic mass is 32.2. The average Bonchev–Trinajstić information content (AvgIpc) is 2.81. The molecule has 1 aromatic heterocycles. The molecule has 0 radical (unpaired) electrons. The van der Waals surface area contributed by atoms with Gasteiger partial charge in [0.1, 0.15) is 11.6 Å². The number of hydrogen-bond acceptors (Lipinski definition) is 6. The Hall–Kier alpha value is -3.37. The molecule has 3 aromatic rings. The SMILES string of the molecule is O=C(Cc1ccc(F)cc1)Nc1ccc(S(=O)(=O)N2CCN(c3cnccn3)CC2)cc1. The van der Waals surface area contributed by atoms with E-state index in [4.69, 9.17) is 0 Å². The second kappa shape index (κ2) is 9.41. The fraction of sp³-hybridized carbons (Fsp3) is 0.227. The zero-order valence-electron chi connectivity index (χ0n) is 17.2. The molecule has 1 aliphatic heterocycles. The van der Waals surface area contributed by atoms with Crippen molar-refractivity contribution < 1.29 is 17.6 Å². The number of anilines is 2. The normalized spacial score (nSPS) is 14.8. The van der Waals surface area contributed by atoms with Gasteiger partial charge >= 0.3 is 0 Å². The maximum atomic E-state index is 13.0. The number of carbonyl (C=O) groups excluding carboxylic acids is 1. The van der Waals surface area contributed by atoms with Gasteiger partial charge in [0.2, 0.25) is 15.9 Å². The van der Waals surface area contributed by atoms with E-state index in [2.05, 4.69) is 15.3 Å². The number of nitrogens with zero attached hydrogens (tertiary/aromatic N) is 4. The molecule has 0 bridgehead atoms. The lowest BCUT2D eigenvalue weighted by Crippen LogP contribution is -2.48. The Labute approximate surface area is 185 Å². The van der Waals surface area contributed by atoms with E-state index in [9.17, 15) is 17.6 Å². The van der Waals surface area contributed by atoms with Gasteiger partial charge in [-0.15, -0.1) is 0 Å². The minimum atomic E-state index is -3.64. The van der Waals surface area contributed by atoms with E-state index in [1.165, 1.54) is 28.6 Å². The quantitative estimate of drug-likeness (QED) is 0.613. The topological polar surface area (TPSA) is 95.5 Å². The van der Waals surface area contributed by atoms with Crippen LogP contribution in [0.5, 0.6) is 0 Å². The molecule has 4 rings (SSSR count). The summed E-state index contributed by atoms with van der Waals surface area (Å²) in [6.45, 7) is 1.73. The third-order valence-electron chi connectivity index (χ3n) is 5.17. The van der Waals surface area contributed by atoms with E-state index in [-0.39, 0.29) is 23.0 Å². The van der Waals surface area contributed by atoms with Crippen molar-refractivity contribution in [3.05, 3.63) is 78.5 Å². The predicted octanol–water partition coefficient (Wildman–Crippen LogP) is 2.31. The molecule has 0 aliphatic carbocycles. The van der Waals surface area contributed by atoms with Gasteiger partial charge in [0, 0.05) is 44.3 Å². The molecule has 1 fully saturated rings. The number of sulfonamides is 1. The number of rotatable bonds is 6. The van der Waals surface area contributed by atoms with Crippen LogP contribution in [0.2, 0.25) is 0 Å². The fourth-order valence-electron chi connectivity index (χ4n) is 3.46. The predicted molar refractivity (Wildman–Crippen MR) is 118 cm³/mol. The first kappa shape index (κ1) is 21.8. The summed E-state index contributed by atoms with van der Waals surface area (Å²) in [6, 6.07) is 11.8. The molecule has 1 amide bonds. The molecule has 0 unspecified atom stereocenters. The van der Waals surface area contributed by atoms with Gasteiger partial charge in [-0.25, -0.2) is 17.8 Å². The van der Waals surface area contributed by atoms with Gasteiger partial charge in [-0.2, -0.15) is 4.31 Å². The summed E-state index contributed by atoms with van der Waals surface area (Å²) in [5, 5.41) is 2.73. The van der Waals surface area contributed by atoms with Gasteiger partial charge in [-0.05, 0) is 42.0 Å². The van der Waals surface area contributed by atoms with Crippen molar-refractivity contribution in [3.8, 4) is 0 Å². The first-order valence-electron chi connectivity index (χ1n) is 10.1. The Morgan fingerprint density at radius 2 is 1.66 bits per heavy atom. The largest absolute Gasteiger partial charge is 0.353 e. The number of hydrogen-bond donors (Lipinski definition) is 1. The molecule has 2 heterocycles. The van der Waals surface area contributed by atoms with Gasteiger partial charge in [0.15, 0.2) is 0 Å². The summed E-state index contributed by atoms with van der Waals surface area (Å²) in [6.07, 6.45) is 4.96. The van der Waals surface area contributed by atoms with Crippen LogP contribution in [0.3, 0.4) is 0 Å². The van der Waals surface area contributed by atoms with Crippen LogP contribution in [0, 0.1) is 5.82 Å². The van der Waals surface area contributed by atoms with E-state index in [0.717, 1.165) is 5.82 Å². The second-order valence-electron chi connectivity index (χ2n) is 7.33. The summed E-state index contributed by atoms with van der Waals surface area (Å²) in [5.41, 5.74) is 1.17. The van der Waals surface area contributed by atoms with E-state index in [1.807, 2.05) is 4.90 Å². The van der Waals surface area contributed by atoms with E-state index >= 15 is 0 Å². The van der Waals surface area contributed by atoms with Crippen LogP contribution in [0.25, 0.3) is 0 Å². The molecule has 166 valence electrons. The third kappa shape index (κ3) is 5.09. The van der Waals surface area contributed by atoms with Gasteiger partial charge in [-0.1, -0.05) is 12.1 Å². The highest BCUT2D eigenvalue weighted by molar-refractivity contribution is 7.89. The Morgan fingerprint density at radius 1 is 0.969 bits per heavy atom. The van der Waals surface area contributed by atoms with E-state index in [1.54, 1.807) is 42.9 Å². The van der Waals surface area contributed by atoms with Crippen molar-refractivity contribution in [2.75, 3.05) is 36.4 Å². The molecule has 10 heteroatoms. The van der Waals surface area contributed by atoms with Crippen molar-refractivity contribution in [1.82, 2.24) is 14.3 Å². The molecule has 0 spiro atoms. The van der Waals surface area contributed by atoms with E-state index < -0.39 is 10.0 Å². The molecule has 2 aromatic carbocycles. The van der Waals surface area contributed by atoms with Crippen molar-refractivity contribution in [2.45, 2.75) is 11.3 Å². The highest BCUT2D eigenvalue weighted by Crippen LogP contribution is 2.21. The highest BCUT2D eigenvalue weighted by Gasteiger charge is 2.29. The Kier molecular flexibility index (Phi) is 6.42. The van der Waals surface area contributed by atoms with E-state index in [0.29, 0.717) is 37.4 Å². The number of carbonyl (C=O) groups is 1. The molecule has 1 aliphatic rings. The van der Waals surface area contributed by atoms with Crippen LogP contribution < -0.4 is 10.2 Å². The third-order valence-corrected chi connectivity index (χ3v) is 7.08. The summed E-state index contributed by atoms with van der Waals surface area (Å²) in [4.78, 5) is 22.7. The summed E-state index contributed by atoms with van der Waals surface area (Å²) >= 11 is 0. The number of nitrogens with one attached hydrogen (secondary N) is 1. The number of aromatic nitrogens is 2. The summed E-state index contributed by atoms with van der Waals surface area (Å²) in [5.74, 6) is 0.0961. The minimum absolute atomic E-state index is 0.0937. The molecule has 32 heavy (non-hydrogen) atoms. The van der Waals surface area contributed by atoms with Crippen molar-refractivity contribution >= 4 is 27.4 Å². The Bertz CT molecular complexity index is 1160. The molecule has 0 atom stereocenters. The van der Waals surface area contributed by atoms with Gasteiger partial charge in [-0.3, -0.25) is 9.78 Å². The average molecular weight is 456 g/mol. The zero-order chi connectivity index (χ0) is 22.6. The van der Waals surface area contributed by atoms with Crippen LogP contribution in [-0.4, -0.2) is 54.8 Å². The maximum absolute atomic E-state index is 13.0. The van der Waals surface area contributed by atoms with Crippen molar-refractivity contribution in [2.24, 2.45) is 0 Å².